The molecule has 0 aliphatic heterocycles. The quantitative estimate of drug-likeness (QED) is 0.630. The largest absolute Gasteiger partial charge is 0.466 e. The number of hydrogen-bond donors (Lipinski definition) is 1. The maximum atomic E-state index is 11.2. The molecule has 0 bridgehead atoms. The van der Waals surface area contributed by atoms with Gasteiger partial charge in [0.2, 0.25) is 0 Å². The molecule has 1 aromatic carbocycles. The molecular formula is C13H18O2S. The molecule has 0 N–H and O–H groups in total. The van der Waals surface area contributed by atoms with E-state index in [1.807, 2.05) is 19.1 Å². The number of rotatable bonds is 5. The molecule has 2 nitrogen and oxygen atoms in total. The molecule has 0 atom stereocenters. The number of benzene rings is 1. The number of ether oxygens (including phenoxy) is 1. The zero-order valence-corrected chi connectivity index (χ0v) is 10.7. The predicted octanol–water partition coefficient (Wildman–Crippen LogP) is 3.03. The third kappa shape index (κ3) is 3.89. The van der Waals surface area contributed by atoms with Crippen LogP contribution in [0, 0.1) is 0 Å². The van der Waals surface area contributed by atoms with Crippen LogP contribution in [0.25, 0.3) is 0 Å². The Labute approximate surface area is 102 Å². The fraction of sp³-hybridized carbons (Fsp3) is 0.462. The third-order valence-electron chi connectivity index (χ3n) is 2.47. The van der Waals surface area contributed by atoms with Gasteiger partial charge in [-0.1, -0.05) is 13.0 Å². The lowest BCUT2D eigenvalue weighted by Gasteiger charge is -2.08. The molecule has 0 aromatic heterocycles. The standard InChI is InChI=1S/C13H18O2S/c1-3-10-9-12(16)7-5-11(10)6-8-13(14)15-4-2/h5,7,9,16H,3-4,6,8H2,1-2H3. The van der Waals surface area contributed by atoms with Gasteiger partial charge < -0.3 is 4.74 Å². The predicted molar refractivity (Wildman–Crippen MR) is 68.0 cm³/mol. The van der Waals surface area contributed by atoms with Gasteiger partial charge in [-0.3, -0.25) is 4.79 Å². The highest BCUT2D eigenvalue weighted by atomic mass is 32.1. The molecule has 1 rings (SSSR count). The maximum absolute atomic E-state index is 11.2. The summed E-state index contributed by atoms with van der Waals surface area (Å²) >= 11 is 4.31. The summed E-state index contributed by atoms with van der Waals surface area (Å²) in [6, 6.07) is 6.06. The van der Waals surface area contributed by atoms with Gasteiger partial charge in [0.1, 0.15) is 0 Å². The monoisotopic (exact) mass is 238 g/mol. The van der Waals surface area contributed by atoms with Gasteiger partial charge in [0.15, 0.2) is 0 Å². The molecule has 16 heavy (non-hydrogen) atoms. The molecule has 0 fully saturated rings. The lowest BCUT2D eigenvalue weighted by atomic mass is 10.0. The molecule has 1 aromatic rings. The Morgan fingerprint density at radius 2 is 2.06 bits per heavy atom. The highest BCUT2D eigenvalue weighted by Crippen LogP contribution is 2.17. The van der Waals surface area contributed by atoms with Gasteiger partial charge in [0, 0.05) is 11.3 Å². The highest BCUT2D eigenvalue weighted by molar-refractivity contribution is 7.80. The van der Waals surface area contributed by atoms with Gasteiger partial charge in [-0.25, -0.2) is 0 Å². The first-order chi connectivity index (χ1) is 7.67. The molecule has 3 heteroatoms. The summed E-state index contributed by atoms with van der Waals surface area (Å²) in [5, 5.41) is 0. The van der Waals surface area contributed by atoms with E-state index >= 15 is 0 Å². The summed E-state index contributed by atoms with van der Waals surface area (Å²) in [4.78, 5) is 12.2. The Morgan fingerprint density at radius 3 is 2.69 bits per heavy atom. The Kier molecular flexibility index (Phi) is 5.39. The van der Waals surface area contributed by atoms with Crippen molar-refractivity contribution < 1.29 is 9.53 Å². The zero-order chi connectivity index (χ0) is 12.0. The number of thiol groups is 1. The first-order valence-electron chi connectivity index (χ1n) is 5.63. The van der Waals surface area contributed by atoms with E-state index in [9.17, 15) is 4.79 Å². The van der Waals surface area contributed by atoms with Gasteiger partial charge in [-0.05, 0) is 43.0 Å². The average Bonchev–Trinajstić information content (AvgIpc) is 2.27. The van der Waals surface area contributed by atoms with Crippen LogP contribution in [0.5, 0.6) is 0 Å². The summed E-state index contributed by atoms with van der Waals surface area (Å²) in [6.45, 7) is 4.39. The van der Waals surface area contributed by atoms with Gasteiger partial charge in [-0.15, -0.1) is 12.6 Å². The van der Waals surface area contributed by atoms with E-state index in [0.717, 1.165) is 17.7 Å². The molecule has 0 saturated heterocycles. The number of hydrogen-bond acceptors (Lipinski definition) is 3. The van der Waals surface area contributed by atoms with Crippen molar-refractivity contribution >= 4 is 18.6 Å². The SMILES string of the molecule is CCOC(=O)CCc1ccc(S)cc1CC. The van der Waals surface area contributed by atoms with Crippen molar-refractivity contribution in [2.24, 2.45) is 0 Å². The second-order valence-corrected chi connectivity index (χ2v) is 4.13. The van der Waals surface area contributed by atoms with E-state index in [1.165, 1.54) is 11.1 Å². The van der Waals surface area contributed by atoms with E-state index in [-0.39, 0.29) is 5.97 Å². The average molecular weight is 238 g/mol. The first-order valence-corrected chi connectivity index (χ1v) is 6.08. The summed E-state index contributed by atoms with van der Waals surface area (Å²) in [5.41, 5.74) is 2.48. The van der Waals surface area contributed by atoms with Gasteiger partial charge in [-0.2, -0.15) is 0 Å². The summed E-state index contributed by atoms with van der Waals surface area (Å²) in [7, 11) is 0. The maximum Gasteiger partial charge on any atom is 0.306 e. The van der Waals surface area contributed by atoms with Gasteiger partial charge >= 0.3 is 5.97 Å². The zero-order valence-electron chi connectivity index (χ0n) is 9.82. The molecule has 0 unspecified atom stereocenters. The van der Waals surface area contributed by atoms with Crippen LogP contribution in [0.4, 0.5) is 0 Å². The minimum atomic E-state index is -0.125. The molecule has 0 aliphatic rings. The van der Waals surface area contributed by atoms with Crippen molar-refractivity contribution in [2.45, 2.75) is 38.0 Å². The number of carbonyl (C=O) groups excluding carboxylic acids is 1. The first kappa shape index (κ1) is 13.1. The van der Waals surface area contributed by atoms with Crippen LogP contribution in [-0.2, 0) is 22.4 Å². The van der Waals surface area contributed by atoms with Crippen molar-refractivity contribution in [1.82, 2.24) is 0 Å². The summed E-state index contributed by atoms with van der Waals surface area (Å²) < 4.78 is 4.91. The van der Waals surface area contributed by atoms with Gasteiger partial charge in [0.25, 0.3) is 0 Å². The van der Waals surface area contributed by atoms with Crippen LogP contribution in [0.1, 0.15) is 31.4 Å². The normalized spacial score (nSPS) is 10.2. The Morgan fingerprint density at radius 1 is 1.31 bits per heavy atom. The van der Waals surface area contributed by atoms with Gasteiger partial charge in [0.05, 0.1) is 6.61 Å². The summed E-state index contributed by atoms with van der Waals surface area (Å²) in [5.74, 6) is -0.125. The molecule has 0 heterocycles. The van der Waals surface area contributed by atoms with Crippen LogP contribution in [0.3, 0.4) is 0 Å². The molecule has 0 aliphatic carbocycles. The van der Waals surface area contributed by atoms with Crippen molar-refractivity contribution in [1.29, 1.82) is 0 Å². The third-order valence-corrected chi connectivity index (χ3v) is 2.75. The lowest BCUT2D eigenvalue weighted by Crippen LogP contribution is -2.06. The van der Waals surface area contributed by atoms with Crippen LogP contribution >= 0.6 is 12.6 Å². The van der Waals surface area contributed by atoms with Crippen LogP contribution < -0.4 is 0 Å². The van der Waals surface area contributed by atoms with Crippen molar-refractivity contribution in [3.63, 3.8) is 0 Å². The Bertz CT molecular complexity index is 361. The van der Waals surface area contributed by atoms with E-state index in [1.54, 1.807) is 0 Å². The van der Waals surface area contributed by atoms with Crippen LogP contribution in [0.2, 0.25) is 0 Å². The Hall–Kier alpha value is -0.960. The van der Waals surface area contributed by atoms with Crippen LogP contribution in [-0.4, -0.2) is 12.6 Å². The topological polar surface area (TPSA) is 26.3 Å². The fourth-order valence-electron chi connectivity index (χ4n) is 1.66. The van der Waals surface area contributed by atoms with Crippen molar-refractivity contribution in [2.75, 3.05) is 6.61 Å². The molecule has 0 radical (unpaired) electrons. The highest BCUT2D eigenvalue weighted by Gasteiger charge is 2.06. The minimum absolute atomic E-state index is 0.125. The molecule has 88 valence electrons. The van der Waals surface area contributed by atoms with Crippen molar-refractivity contribution in [3.05, 3.63) is 29.3 Å². The van der Waals surface area contributed by atoms with Crippen molar-refractivity contribution in [3.8, 4) is 0 Å². The van der Waals surface area contributed by atoms with E-state index < -0.39 is 0 Å². The molecule has 0 saturated carbocycles. The molecule has 0 amide bonds. The second kappa shape index (κ2) is 6.59. The number of carbonyl (C=O) groups is 1. The van der Waals surface area contributed by atoms with Crippen LogP contribution in [0.15, 0.2) is 23.1 Å². The Balaban J connectivity index is 2.63. The van der Waals surface area contributed by atoms with E-state index in [2.05, 4.69) is 25.6 Å². The fourth-order valence-corrected chi connectivity index (χ4v) is 1.89. The number of esters is 1. The lowest BCUT2D eigenvalue weighted by molar-refractivity contribution is -0.143. The van der Waals surface area contributed by atoms with E-state index in [0.29, 0.717) is 13.0 Å². The second-order valence-electron chi connectivity index (χ2n) is 3.61. The van der Waals surface area contributed by atoms with E-state index in [4.69, 9.17) is 4.74 Å². The summed E-state index contributed by atoms with van der Waals surface area (Å²) in [6.07, 6.45) is 2.16. The smallest absolute Gasteiger partial charge is 0.306 e. The molecule has 0 spiro atoms. The number of aryl methyl sites for hydroxylation is 2. The minimum Gasteiger partial charge on any atom is -0.466 e. The molecular weight excluding hydrogens is 220 g/mol.